The van der Waals surface area contributed by atoms with Crippen molar-refractivity contribution in [2.75, 3.05) is 6.61 Å². The summed E-state index contributed by atoms with van der Waals surface area (Å²) >= 11 is 3.48. The van der Waals surface area contributed by atoms with Crippen LogP contribution in [0.15, 0.2) is 46.9 Å². The van der Waals surface area contributed by atoms with Gasteiger partial charge in [0.05, 0.1) is 6.61 Å². The molecule has 21 heavy (non-hydrogen) atoms. The molecule has 0 aromatic heterocycles. The lowest BCUT2D eigenvalue weighted by Crippen LogP contribution is -2.20. The van der Waals surface area contributed by atoms with Crippen LogP contribution in [0.25, 0.3) is 0 Å². The fourth-order valence-corrected chi connectivity index (χ4v) is 2.94. The summed E-state index contributed by atoms with van der Waals surface area (Å²) in [5, 5.41) is 3.56. The van der Waals surface area contributed by atoms with Crippen molar-refractivity contribution in [2.45, 2.75) is 25.4 Å². The molecule has 0 fully saturated rings. The highest BCUT2D eigenvalue weighted by Crippen LogP contribution is 2.33. The Morgan fingerprint density at radius 3 is 2.81 bits per heavy atom. The highest BCUT2D eigenvalue weighted by Gasteiger charge is 2.19. The van der Waals surface area contributed by atoms with E-state index in [1.807, 2.05) is 24.3 Å². The molecule has 1 unspecified atom stereocenters. The Morgan fingerprint density at radius 1 is 1.19 bits per heavy atom. The largest absolute Gasteiger partial charge is 0.493 e. The monoisotopic (exact) mass is 349 g/mol. The van der Waals surface area contributed by atoms with E-state index in [0.717, 1.165) is 41.8 Å². The van der Waals surface area contributed by atoms with Crippen LogP contribution in [0.4, 0.5) is 4.39 Å². The average molecular weight is 350 g/mol. The van der Waals surface area contributed by atoms with Crippen LogP contribution in [0.5, 0.6) is 5.75 Å². The Hall–Kier alpha value is -1.39. The second-order valence-electron chi connectivity index (χ2n) is 5.23. The molecular weight excluding hydrogens is 333 g/mol. The minimum Gasteiger partial charge on any atom is -0.493 e. The Morgan fingerprint density at radius 2 is 2.00 bits per heavy atom. The Bertz CT molecular complexity index is 615. The number of halogens is 2. The molecule has 0 saturated heterocycles. The van der Waals surface area contributed by atoms with Crippen molar-refractivity contribution in [2.24, 2.45) is 0 Å². The molecule has 1 aliphatic heterocycles. The molecule has 2 aromatic carbocycles. The van der Waals surface area contributed by atoms with Crippen molar-refractivity contribution in [3.8, 4) is 5.75 Å². The number of fused-ring (bicyclic) bond motifs is 1. The van der Waals surface area contributed by atoms with E-state index in [1.54, 1.807) is 0 Å². The Labute approximate surface area is 132 Å². The number of hydrogen-bond acceptors (Lipinski definition) is 2. The maximum atomic E-state index is 12.9. The average Bonchev–Trinajstić information content (AvgIpc) is 2.68. The van der Waals surface area contributed by atoms with E-state index in [2.05, 4.69) is 27.3 Å². The zero-order chi connectivity index (χ0) is 14.7. The first-order valence-corrected chi connectivity index (χ1v) is 7.92. The lowest BCUT2D eigenvalue weighted by atomic mass is 10.0. The molecule has 1 heterocycles. The van der Waals surface area contributed by atoms with Crippen LogP contribution in [0.2, 0.25) is 0 Å². The number of hydrogen-bond donors (Lipinski definition) is 1. The van der Waals surface area contributed by atoms with E-state index in [4.69, 9.17) is 4.74 Å². The molecule has 0 bridgehead atoms. The summed E-state index contributed by atoms with van der Waals surface area (Å²) in [6.45, 7) is 1.47. The van der Waals surface area contributed by atoms with Crippen LogP contribution >= 0.6 is 15.9 Å². The van der Waals surface area contributed by atoms with Crippen LogP contribution in [-0.4, -0.2) is 6.61 Å². The van der Waals surface area contributed by atoms with E-state index in [9.17, 15) is 4.39 Å². The standard InChI is InChI=1S/C17H17BrFNO/c18-13-5-8-15-16(2-1-9-21-17(15)10-13)20-11-12-3-6-14(19)7-4-12/h3-8,10,16,20H,1-2,9,11H2. The molecule has 0 aliphatic carbocycles. The zero-order valence-corrected chi connectivity index (χ0v) is 13.2. The summed E-state index contributed by atoms with van der Waals surface area (Å²) in [6, 6.07) is 13.1. The maximum Gasteiger partial charge on any atom is 0.125 e. The number of benzene rings is 2. The van der Waals surface area contributed by atoms with Gasteiger partial charge in [0.15, 0.2) is 0 Å². The van der Waals surface area contributed by atoms with Gasteiger partial charge in [-0.1, -0.05) is 34.1 Å². The molecule has 0 amide bonds. The third kappa shape index (κ3) is 3.63. The van der Waals surface area contributed by atoms with Crippen molar-refractivity contribution in [3.05, 3.63) is 63.9 Å². The van der Waals surface area contributed by atoms with Gasteiger partial charge in [0, 0.05) is 22.6 Å². The van der Waals surface area contributed by atoms with Crippen molar-refractivity contribution in [1.82, 2.24) is 5.32 Å². The van der Waals surface area contributed by atoms with E-state index in [0.29, 0.717) is 0 Å². The Kier molecular flexibility index (Phi) is 4.56. The van der Waals surface area contributed by atoms with Gasteiger partial charge in [-0.05, 0) is 42.7 Å². The number of rotatable bonds is 3. The van der Waals surface area contributed by atoms with Gasteiger partial charge in [-0.25, -0.2) is 4.39 Å². The third-order valence-electron chi connectivity index (χ3n) is 3.71. The summed E-state index contributed by atoms with van der Waals surface area (Å²) in [6.07, 6.45) is 2.06. The molecule has 110 valence electrons. The van der Waals surface area contributed by atoms with Crippen LogP contribution in [0, 0.1) is 5.82 Å². The molecular formula is C17H17BrFNO. The van der Waals surface area contributed by atoms with Gasteiger partial charge in [0.2, 0.25) is 0 Å². The topological polar surface area (TPSA) is 21.3 Å². The second kappa shape index (κ2) is 6.58. The molecule has 4 heteroatoms. The number of nitrogens with one attached hydrogen (secondary N) is 1. The third-order valence-corrected chi connectivity index (χ3v) is 4.20. The molecule has 2 aromatic rings. The van der Waals surface area contributed by atoms with Crippen molar-refractivity contribution < 1.29 is 9.13 Å². The first-order valence-electron chi connectivity index (χ1n) is 7.12. The SMILES string of the molecule is Fc1ccc(CNC2CCCOc3cc(Br)ccc32)cc1. The van der Waals surface area contributed by atoms with Gasteiger partial charge < -0.3 is 10.1 Å². The summed E-state index contributed by atoms with van der Waals surface area (Å²) < 4.78 is 19.8. The molecule has 1 aliphatic rings. The van der Waals surface area contributed by atoms with Crippen molar-refractivity contribution >= 4 is 15.9 Å². The zero-order valence-electron chi connectivity index (χ0n) is 11.6. The predicted molar refractivity (Wildman–Crippen MR) is 84.9 cm³/mol. The molecule has 2 nitrogen and oxygen atoms in total. The van der Waals surface area contributed by atoms with Crippen molar-refractivity contribution in [3.63, 3.8) is 0 Å². The quantitative estimate of drug-likeness (QED) is 0.874. The van der Waals surface area contributed by atoms with Gasteiger partial charge >= 0.3 is 0 Å². The molecule has 0 spiro atoms. The highest BCUT2D eigenvalue weighted by molar-refractivity contribution is 9.10. The second-order valence-corrected chi connectivity index (χ2v) is 6.15. The van der Waals surface area contributed by atoms with Crippen LogP contribution in [0.3, 0.4) is 0 Å². The van der Waals surface area contributed by atoms with E-state index in [-0.39, 0.29) is 11.9 Å². The molecule has 0 radical (unpaired) electrons. The van der Waals surface area contributed by atoms with Crippen LogP contribution in [-0.2, 0) is 6.54 Å². The van der Waals surface area contributed by atoms with E-state index in [1.165, 1.54) is 17.7 Å². The van der Waals surface area contributed by atoms with Gasteiger partial charge in [-0.2, -0.15) is 0 Å². The van der Waals surface area contributed by atoms with Crippen LogP contribution < -0.4 is 10.1 Å². The number of ether oxygens (including phenoxy) is 1. The fourth-order valence-electron chi connectivity index (χ4n) is 2.60. The Balaban J connectivity index is 1.74. The van der Waals surface area contributed by atoms with Gasteiger partial charge in [0.25, 0.3) is 0 Å². The predicted octanol–water partition coefficient (Wildman–Crippen LogP) is 4.59. The van der Waals surface area contributed by atoms with E-state index < -0.39 is 0 Å². The molecule has 1 atom stereocenters. The minimum atomic E-state index is -0.197. The van der Waals surface area contributed by atoms with E-state index >= 15 is 0 Å². The van der Waals surface area contributed by atoms with Crippen molar-refractivity contribution in [1.29, 1.82) is 0 Å². The molecule has 0 saturated carbocycles. The summed E-state index contributed by atoms with van der Waals surface area (Å²) in [5.74, 6) is 0.746. The highest BCUT2D eigenvalue weighted by atomic mass is 79.9. The lowest BCUT2D eigenvalue weighted by molar-refractivity contribution is 0.315. The van der Waals surface area contributed by atoms with Gasteiger partial charge in [0.1, 0.15) is 11.6 Å². The maximum absolute atomic E-state index is 12.9. The minimum absolute atomic E-state index is 0.197. The smallest absolute Gasteiger partial charge is 0.125 e. The fraction of sp³-hybridized carbons (Fsp3) is 0.294. The molecule has 1 N–H and O–H groups in total. The lowest BCUT2D eigenvalue weighted by Gasteiger charge is -2.18. The molecule has 3 rings (SSSR count). The van der Waals surface area contributed by atoms with Gasteiger partial charge in [-0.3, -0.25) is 0 Å². The van der Waals surface area contributed by atoms with Crippen LogP contribution in [0.1, 0.15) is 30.0 Å². The van der Waals surface area contributed by atoms with Gasteiger partial charge in [-0.15, -0.1) is 0 Å². The summed E-state index contributed by atoms with van der Waals surface area (Å²) in [5.41, 5.74) is 2.28. The summed E-state index contributed by atoms with van der Waals surface area (Å²) in [4.78, 5) is 0. The first kappa shape index (κ1) is 14.5. The first-order chi connectivity index (χ1) is 10.2. The normalized spacial score (nSPS) is 17.7. The summed E-state index contributed by atoms with van der Waals surface area (Å²) in [7, 11) is 0.